The van der Waals surface area contributed by atoms with Crippen LogP contribution in [0.15, 0.2) is 24.8 Å². The summed E-state index contributed by atoms with van der Waals surface area (Å²) in [6.45, 7) is 6.14. The van der Waals surface area contributed by atoms with Gasteiger partial charge in [-0.2, -0.15) is 0 Å². The van der Waals surface area contributed by atoms with Gasteiger partial charge in [0.1, 0.15) is 18.1 Å². The molecule has 1 N–H and O–H groups in total. The first-order valence-corrected chi connectivity index (χ1v) is 7.15. The Balaban J connectivity index is 2.10. The van der Waals surface area contributed by atoms with E-state index in [4.69, 9.17) is 0 Å². The molecule has 0 saturated heterocycles. The first-order chi connectivity index (χ1) is 10.5. The fraction of sp³-hybridized carbons (Fsp3) is 0.375. The topological polar surface area (TPSA) is 60.9 Å². The molecule has 2 amide bonds. The van der Waals surface area contributed by atoms with E-state index in [0.29, 0.717) is 25.1 Å². The lowest BCUT2D eigenvalue weighted by atomic mass is 9.98. The van der Waals surface area contributed by atoms with Crippen LogP contribution in [-0.2, 0) is 22.6 Å². The number of hydrogen-bond acceptors (Lipinski definition) is 3. The molecule has 0 atom stereocenters. The van der Waals surface area contributed by atoms with Crippen molar-refractivity contribution >= 4 is 11.8 Å². The summed E-state index contributed by atoms with van der Waals surface area (Å²) in [5.74, 6) is -1.15. The van der Waals surface area contributed by atoms with Crippen LogP contribution in [0.5, 0.6) is 5.75 Å². The van der Waals surface area contributed by atoms with Crippen molar-refractivity contribution in [2.24, 2.45) is 0 Å². The van der Waals surface area contributed by atoms with E-state index in [1.165, 1.54) is 21.9 Å². The molecule has 0 unspecified atom stereocenters. The summed E-state index contributed by atoms with van der Waals surface area (Å²) >= 11 is 0. The van der Waals surface area contributed by atoms with Crippen LogP contribution in [0.4, 0.5) is 4.39 Å². The molecule has 0 bridgehead atoms. The smallest absolute Gasteiger partial charge is 0.246 e. The number of amides is 2. The zero-order valence-corrected chi connectivity index (χ0v) is 12.5. The minimum atomic E-state index is -0.512. The SMILES string of the molecule is C=CC(=O)N(CC)CC(=O)N1CCc2cc(O)cc(F)c2C1. The fourth-order valence-corrected chi connectivity index (χ4v) is 2.55. The molecule has 0 aromatic heterocycles. The molecule has 2 rings (SSSR count). The van der Waals surface area contributed by atoms with Crippen LogP contribution in [0.1, 0.15) is 18.1 Å². The van der Waals surface area contributed by atoms with Crippen molar-refractivity contribution in [2.45, 2.75) is 19.9 Å². The van der Waals surface area contributed by atoms with Gasteiger partial charge in [-0.1, -0.05) is 6.58 Å². The van der Waals surface area contributed by atoms with E-state index >= 15 is 0 Å². The summed E-state index contributed by atoms with van der Waals surface area (Å²) in [5, 5.41) is 9.41. The molecule has 0 aliphatic carbocycles. The monoisotopic (exact) mass is 306 g/mol. The number of aromatic hydroxyl groups is 1. The average molecular weight is 306 g/mol. The van der Waals surface area contributed by atoms with Gasteiger partial charge in [0, 0.05) is 31.3 Å². The van der Waals surface area contributed by atoms with E-state index < -0.39 is 5.82 Å². The maximum atomic E-state index is 13.9. The zero-order valence-electron chi connectivity index (χ0n) is 12.5. The van der Waals surface area contributed by atoms with Crippen molar-refractivity contribution in [3.8, 4) is 5.75 Å². The van der Waals surface area contributed by atoms with Crippen molar-refractivity contribution < 1.29 is 19.1 Å². The maximum absolute atomic E-state index is 13.9. The minimum absolute atomic E-state index is 0.0452. The molecule has 1 aliphatic heterocycles. The molecule has 5 nitrogen and oxygen atoms in total. The number of carbonyl (C=O) groups excluding carboxylic acids is 2. The van der Waals surface area contributed by atoms with E-state index in [-0.39, 0.29) is 30.7 Å². The number of carbonyl (C=O) groups is 2. The molecule has 0 saturated carbocycles. The third kappa shape index (κ3) is 3.27. The standard InChI is InChI=1S/C16H19FN2O3/c1-3-15(21)18(4-2)10-16(22)19-6-5-11-7-12(20)8-14(17)13(11)9-19/h3,7-8,20H,1,4-6,9-10H2,2H3. The first kappa shape index (κ1) is 16.0. The predicted octanol–water partition coefficient (Wildman–Crippen LogP) is 1.45. The minimum Gasteiger partial charge on any atom is -0.508 e. The van der Waals surface area contributed by atoms with E-state index in [9.17, 15) is 19.1 Å². The summed E-state index contributed by atoms with van der Waals surface area (Å²) in [5.41, 5.74) is 1.14. The number of rotatable bonds is 4. The Bertz CT molecular complexity index is 616. The molecule has 118 valence electrons. The number of phenolic OH excluding ortho intramolecular Hbond substituents is 1. The molecule has 1 aliphatic rings. The van der Waals surface area contributed by atoms with Gasteiger partial charge in [-0.05, 0) is 31.1 Å². The highest BCUT2D eigenvalue weighted by atomic mass is 19.1. The molecule has 1 heterocycles. The Hall–Kier alpha value is -2.37. The summed E-state index contributed by atoms with van der Waals surface area (Å²) < 4.78 is 13.9. The summed E-state index contributed by atoms with van der Waals surface area (Å²) in [6, 6.07) is 2.58. The van der Waals surface area contributed by atoms with Gasteiger partial charge in [0.15, 0.2) is 0 Å². The molecular weight excluding hydrogens is 287 g/mol. The van der Waals surface area contributed by atoms with Gasteiger partial charge in [0.25, 0.3) is 0 Å². The van der Waals surface area contributed by atoms with Gasteiger partial charge in [-0.25, -0.2) is 4.39 Å². The lowest BCUT2D eigenvalue weighted by molar-refractivity contribution is -0.138. The molecule has 0 fully saturated rings. The third-order valence-corrected chi connectivity index (χ3v) is 3.82. The van der Waals surface area contributed by atoms with Crippen LogP contribution in [-0.4, -0.2) is 46.4 Å². The lowest BCUT2D eigenvalue weighted by Crippen LogP contribution is -2.44. The molecule has 6 heteroatoms. The Morgan fingerprint density at radius 2 is 2.23 bits per heavy atom. The number of halogens is 1. The van der Waals surface area contributed by atoms with Gasteiger partial charge in [-0.15, -0.1) is 0 Å². The molecule has 1 aromatic carbocycles. The van der Waals surface area contributed by atoms with Gasteiger partial charge in [-0.3, -0.25) is 9.59 Å². The van der Waals surface area contributed by atoms with Crippen LogP contribution < -0.4 is 0 Å². The fourth-order valence-electron chi connectivity index (χ4n) is 2.55. The van der Waals surface area contributed by atoms with Crippen molar-refractivity contribution in [3.63, 3.8) is 0 Å². The van der Waals surface area contributed by atoms with Gasteiger partial charge < -0.3 is 14.9 Å². The van der Waals surface area contributed by atoms with E-state index in [1.54, 1.807) is 6.92 Å². The van der Waals surface area contributed by atoms with Crippen molar-refractivity contribution in [1.29, 1.82) is 0 Å². The highest BCUT2D eigenvalue weighted by Gasteiger charge is 2.25. The largest absolute Gasteiger partial charge is 0.508 e. The molecule has 22 heavy (non-hydrogen) atoms. The Morgan fingerprint density at radius 1 is 1.50 bits per heavy atom. The number of nitrogens with zero attached hydrogens (tertiary/aromatic N) is 2. The van der Waals surface area contributed by atoms with E-state index in [1.807, 2.05) is 0 Å². The van der Waals surface area contributed by atoms with E-state index in [0.717, 1.165) is 11.6 Å². The lowest BCUT2D eigenvalue weighted by Gasteiger charge is -2.31. The van der Waals surface area contributed by atoms with E-state index in [2.05, 4.69) is 6.58 Å². The van der Waals surface area contributed by atoms with Crippen LogP contribution in [0.2, 0.25) is 0 Å². The second-order valence-electron chi connectivity index (χ2n) is 5.19. The van der Waals surface area contributed by atoms with Gasteiger partial charge in [0.05, 0.1) is 0 Å². The predicted molar refractivity (Wildman–Crippen MR) is 79.6 cm³/mol. The van der Waals surface area contributed by atoms with Crippen molar-refractivity contribution in [3.05, 3.63) is 41.7 Å². The average Bonchev–Trinajstić information content (AvgIpc) is 2.51. The summed E-state index contributed by atoms with van der Waals surface area (Å²) in [6.07, 6.45) is 1.65. The van der Waals surface area contributed by atoms with Gasteiger partial charge in [0.2, 0.25) is 11.8 Å². The second-order valence-corrected chi connectivity index (χ2v) is 5.19. The summed E-state index contributed by atoms with van der Waals surface area (Å²) in [7, 11) is 0. The summed E-state index contributed by atoms with van der Waals surface area (Å²) in [4.78, 5) is 26.8. The normalized spacial score (nSPS) is 13.5. The molecular formula is C16H19FN2O3. The Morgan fingerprint density at radius 3 is 2.86 bits per heavy atom. The number of fused-ring (bicyclic) bond motifs is 1. The second kappa shape index (κ2) is 6.60. The highest BCUT2D eigenvalue weighted by molar-refractivity contribution is 5.90. The third-order valence-electron chi connectivity index (χ3n) is 3.82. The maximum Gasteiger partial charge on any atom is 0.246 e. The molecule has 0 radical (unpaired) electrons. The van der Waals surface area contributed by atoms with Gasteiger partial charge >= 0.3 is 0 Å². The van der Waals surface area contributed by atoms with Crippen LogP contribution in [0.25, 0.3) is 0 Å². The highest BCUT2D eigenvalue weighted by Crippen LogP contribution is 2.26. The quantitative estimate of drug-likeness (QED) is 0.857. The van der Waals surface area contributed by atoms with Crippen LogP contribution in [0.3, 0.4) is 0 Å². The van der Waals surface area contributed by atoms with Crippen molar-refractivity contribution in [2.75, 3.05) is 19.6 Å². The van der Waals surface area contributed by atoms with Crippen LogP contribution in [0, 0.1) is 5.82 Å². The Kier molecular flexibility index (Phi) is 4.80. The Labute approximate surface area is 128 Å². The zero-order chi connectivity index (χ0) is 16.3. The number of benzene rings is 1. The molecule has 1 aromatic rings. The number of hydrogen-bond donors (Lipinski definition) is 1. The van der Waals surface area contributed by atoms with Crippen molar-refractivity contribution in [1.82, 2.24) is 9.80 Å². The first-order valence-electron chi connectivity index (χ1n) is 7.15. The van der Waals surface area contributed by atoms with Crippen LogP contribution >= 0.6 is 0 Å². The number of likely N-dealkylation sites (N-methyl/N-ethyl adjacent to an activating group) is 1. The number of phenols is 1. The molecule has 0 spiro atoms.